The van der Waals surface area contributed by atoms with E-state index in [4.69, 9.17) is 0 Å². The van der Waals surface area contributed by atoms with Gasteiger partial charge in [0.25, 0.3) is 0 Å². The lowest BCUT2D eigenvalue weighted by atomic mass is 9.65. The van der Waals surface area contributed by atoms with Gasteiger partial charge in [0.2, 0.25) is 0 Å². The molecule has 0 amide bonds. The van der Waals surface area contributed by atoms with Crippen LogP contribution in [0.5, 0.6) is 0 Å². The summed E-state index contributed by atoms with van der Waals surface area (Å²) < 4.78 is 1.23. The van der Waals surface area contributed by atoms with Crippen LogP contribution in [0, 0.1) is 11.8 Å². The molecule has 0 aromatic rings. The molecule has 0 aliphatic heterocycles. The van der Waals surface area contributed by atoms with Crippen molar-refractivity contribution in [1.82, 2.24) is 0 Å². The van der Waals surface area contributed by atoms with Crippen LogP contribution in [0.25, 0.3) is 0 Å². The van der Waals surface area contributed by atoms with Crippen LogP contribution in [0.2, 0.25) is 0 Å². The highest BCUT2D eigenvalue weighted by Gasteiger charge is 2.37. The predicted molar refractivity (Wildman–Crippen MR) is 74.6 cm³/mol. The van der Waals surface area contributed by atoms with Gasteiger partial charge in [-0.2, -0.15) is 0 Å². The molecule has 0 spiro atoms. The van der Waals surface area contributed by atoms with E-state index in [0.717, 1.165) is 0 Å². The summed E-state index contributed by atoms with van der Waals surface area (Å²) in [5.41, 5.74) is 5.73. The Hall–Kier alpha value is -1.34. The Morgan fingerprint density at radius 3 is 2.29 bits per heavy atom. The van der Waals surface area contributed by atoms with Crippen molar-refractivity contribution in [2.45, 2.75) is 0 Å². The topological polar surface area (TPSA) is 0 Å². The van der Waals surface area contributed by atoms with Crippen molar-refractivity contribution >= 4 is 15.9 Å². The molecular formula is C16H11Br. The second-order valence-corrected chi connectivity index (χ2v) is 5.64. The predicted octanol–water partition coefficient (Wildman–Crippen LogP) is 4.37. The molecule has 17 heavy (non-hydrogen) atoms. The van der Waals surface area contributed by atoms with Crippen LogP contribution in [-0.4, -0.2) is 0 Å². The Kier molecular flexibility index (Phi) is 1.89. The number of allylic oxidation sites excluding steroid dienone is 14. The van der Waals surface area contributed by atoms with Crippen molar-refractivity contribution in [2.75, 3.05) is 0 Å². The average molecular weight is 283 g/mol. The van der Waals surface area contributed by atoms with E-state index in [9.17, 15) is 0 Å². The van der Waals surface area contributed by atoms with Gasteiger partial charge in [0, 0.05) is 16.3 Å². The van der Waals surface area contributed by atoms with E-state index in [2.05, 4.69) is 70.6 Å². The van der Waals surface area contributed by atoms with Gasteiger partial charge >= 0.3 is 0 Å². The summed E-state index contributed by atoms with van der Waals surface area (Å²) in [6.07, 6.45) is 20.1. The summed E-state index contributed by atoms with van der Waals surface area (Å²) in [7, 11) is 0. The molecule has 0 fully saturated rings. The summed E-state index contributed by atoms with van der Waals surface area (Å²) in [5.74, 6) is 1.04. The third-order valence-corrected chi connectivity index (χ3v) is 4.67. The molecule has 2 unspecified atom stereocenters. The van der Waals surface area contributed by atoms with Crippen LogP contribution < -0.4 is 0 Å². The molecule has 4 rings (SSSR count). The van der Waals surface area contributed by atoms with Crippen molar-refractivity contribution in [2.24, 2.45) is 11.8 Å². The zero-order valence-electron chi connectivity index (χ0n) is 9.23. The molecule has 0 N–H and O–H groups in total. The Morgan fingerprint density at radius 1 is 0.706 bits per heavy atom. The van der Waals surface area contributed by atoms with Crippen LogP contribution in [0.1, 0.15) is 0 Å². The molecule has 0 saturated heterocycles. The van der Waals surface area contributed by atoms with Crippen molar-refractivity contribution in [3.63, 3.8) is 0 Å². The highest BCUT2D eigenvalue weighted by molar-refractivity contribution is 9.11. The maximum Gasteiger partial charge on any atom is 0.0213 e. The third kappa shape index (κ3) is 1.23. The third-order valence-electron chi connectivity index (χ3n) is 3.94. The highest BCUT2D eigenvalue weighted by atomic mass is 79.9. The first-order valence-corrected chi connectivity index (χ1v) is 6.70. The maximum atomic E-state index is 3.68. The second-order valence-electron chi connectivity index (χ2n) is 4.78. The van der Waals surface area contributed by atoms with E-state index >= 15 is 0 Å². The molecule has 4 aliphatic carbocycles. The molecule has 0 aromatic carbocycles. The fourth-order valence-corrected chi connectivity index (χ4v) is 3.67. The van der Waals surface area contributed by atoms with E-state index in [-0.39, 0.29) is 0 Å². The minimum absolute atomic E-state index is 0.510. The fraction of sp³-hybridized carbons (Fsp3) is 0.125. The van der Waals surface area contributed by atoms with E-state index < -0.39 is 0 Å². The van der Waals surface area contributed by atoms with Crippen LogP contribution >= 0.6 is 15.9 Å². The lowest BCUT2D eigenvalue weighted by Gasteiger charge is -2.39. The zero-order valence-corrected chi connectivity index (χ0v) is 10.8. The van der Waals surface area contributed by atoms with Gasteiger partial charge < -0.3 is 0 Å². The lowest BCUT2D eigenvalue weighted by Crippen LogP contribution is -2.28. The standard InChI is InChI=1S/C16H11Br/c17-14-9-7-12-5-4-10-2-1-3-11-6-8-13(14)16(12)15(10)11/h1-9,15-16H. The monoisotopic (exact) mass is 282 g/mol. The van der Waals surface area contributed by atoms with Gasteiger partial charge in [-0.15, -0.1) is 0 Å². The van der Waals surface area contributed by atoms with E-state index in [1.54, 1.807) is 0 Å². The van der Waals surface area contributed by atoms with Gasteiger partial charge in [0.15, 0.2) is 0 Å². The van der Waals surface area contributed by atoms with Crippen molar-refractivity contribution in [3.05, 3.63) is 81.5 Å². The van der Waals surface area contributed by atoms with E-state index in [1.807, 2.05) is 0 Å². The summed E-state index contributed by atoms with van der Waals surface area (Å²) in [4.78, 5) is 0. The molecule has 0 aromatic heterocycles. The molecule has 2 atom stereocenters. The van der Waals surface area contributed by atoms with Gasteiger partial charge in [0.05, 0.1) is 0 Å². The smallest absolute Gasteiger partial charge is 0.0213 e. The van der Waals surface area contributed by atoms with Crippen LogP contribution in [0.4, 0.5) is 0 Å². The fourth-order valence-electron chi connectivity index (χ4n) is 3.16. The Balaban J connectivity index is 2.03. The van der Waals surface area contributed by atoms with Gasteiger partial charge in [-0.3, -0.25) is 0 Å². The Morgan fingerprint density at radius 2 is 1.41 bits per heavy atom. The highest BCUT2D eigenvalue weighted by Crippen LogP contribution is 2.49. The quantitative estimate of drug-likeness (QED) is 0.619. The number of halogens is 1. The normalized spacial score (nSPS) is 31.9. The van der Waals surface area contributed by atoms with Gasteiger partial charge in [0.1, 0.15) is 0 Å². The Labute approximate surface area is 109 Å². The van der Waals surface area contributed by atoms with Crippen LogP contribution in [0.3, 0.4) is 0 Å². The van der Waals surface area contributed by atoms with Crippen molar-refractivity contribution < 1.29 is 0 Å². The average Bonchev–Trinajstić information content (AvgIpc) is 2.38. The molecular weight excluding hydrogens is 272 g/mol. The zero-order chi connectivity index (χ0) is 11.4. The summed E-state index contributed by atoms with van der Waals surface area (Å²) in [6, 6.07) is 0. The first-order chi connectivity index (χ1) is 8.34. The summed E-state index contributed by atoms with van der Waals surface area (Å²) in [5, 5.41) is 0. The van der Waals surface area contributed by atoms with Crippen LogP contribution in [0.15, 0.2) is 81.5 Å². The molecule has 82 valence electrons. The minimum atomic E-state index is 0.510. The molecule has 0 nitrogen and oxygen atoms in total. The van der Waals surface area contributed by atoms with Crippen molar-refractivity contribution in [3.8, 4) is 0 Å². The van der Waals surface area contributed by atoms with Gasteiger partial charge in [-0.25, -0.2) is 0 Å². The SMILES string of the molecule is BrC1=C2C=CC3=CC=CC4=CC=C(C=C1)C2C34. The van der Waals surface area contributed by atoms with Gasteiger partial charge in [-0.05, 0) is 28.4 Å². The molecule has 0 heterocycles. The first kappa shape index (κ1) is 9.67. The number of hydrogen-bond acceptors (Lipinski definition) is 0. The molecule has 1 heteroatoms. The first-order valence-electron chi connectivity index (χ1n) is 5.90. The molecule has 0 saturated carbocycles. The van der Waals surface area contributed by atoms with E-state index in [0.29, 0.717) is 11.8 Å². The Bertz CT molecular complexity index is 618. The van der Waals surface area contributed by atoms with Crippen LogP contribution in [-0.2, 0) is 0 Å². The lowest BCUT2D eigenvalue weighted by molar-refractivity contribution is 0.563. The molecule has 0 radical (unpaired) electrons. The van der Waals surface area contributed by atoms with Crippen molar-refractivity contribution in [1.29, 1.82) is 0 Å². The largest absolute Gasteiger partial charge is 0.0617 e. The second kappa shape index (κ2) is 3.33. The maximum absolute atomic E-state index is 3.68. The van der Waals surface area contributed by atoms with E-state index in [1.165, 1.54) is 26.8 Å². The minimum Gasteiger partial charge on any atom is -0.0617 e. The number of hydrogen-bond donors (Lipinski definition) is 0. The van der Waals surface area contributed by atoms with Gasteiger partial charge in [-0.1, -0.05) is 64.5 Å². The summed E-state index contributed by atoms with van der Waals surface area (Å²) >= 11 is 3.68. The molecule has 0 bridgehead atoms. The molecule has 4 aliphatic rings. The number of rotatable bonds is 0. The summed E-state index contributed by atoms with van der Waals surface area (Å²) in [6.45, 7) is 0.